The average molecular weight is 478 g/mol. The zero-order valence-corrected chi connectivity index (χ0v) is 22.2. The second-order valence-electron chi connectivity index (χ2n) is 8.73. The van der Waals surface area contributed by atoms with Crippen LogP contribution in [0, 0.1) is 5.82 Å². The maximum atomic E-state index is 13.7. The molecule has 0 saturated heterocycles. The Hall–Kier alpha value is -3.28. The summed E-state index contributed by atoms with van der Waals surface area (Å²) >= 11 is 0. The molecule has 0 radical (unpaired) electrons. The van der Waals surface area contributed by atoms with Gasteiger partial charge in [0.1, 0.15) is 11.7 Å². The predicted molar refractivity (Wildman–Crippen MR) is 149 cm³/mol. The van der Waals surface area contributed by atoms with Crippen LogP contribution in [0.5, 0.6) is 0 Å². The molecular weight excluding hydrogens is 437 g/mol. The Morgan fingerprint density at radius 2 is 1.86 bits per heavy atom. The molecule has 1 aromatic rings. The Labute approximate surface area is 210 Å². The van der Waals surface area contributed by atoms with Crippen LogP contribution in [0.1, 0.15) is 72.8 Å². The monoisotopic (exact) mass is 477 g/mol. The number of nitrogens with zero attached hydrogens (tertiary/aromatic N) is 3. The quantitative estimate of drug-likeness (QED) is 0.321. The van der Waals surface area contributed by atoms with Crippen LogP contribution in [0.3, 0.4) is 0 Å². The Kier molecular flexibility index (Phi) is 10.8. The van der Waals surface area contributed by atoms with E-state index in [1.54, 1.807) is 12.3 Å². The fraction of sp³-hybridized carbons (Fsp3) is 0.414. The molecule has 0 spiro atoms. The SMILES string of the molecule is CC=C1CCC(=NC(C)CC)C(=C(\C)c2ccc(F)cc2)/C1=N\C(\N=C(N)\C=C/NC)=C(/C)CC. The fourth-order valence-corrected chi connectivity index (χ4v) is 3.74. The summed E-state index contributed by atoms with van der Waals surface area (Å²) in [7, 11) is 1.81. The minimum Gasteiger partial charge on any atom is -0.394 e. The molecule has 5 nitrogen and oxygen atoms in total. The van der Waals surface area contributed by atoms with Gasteiger partial charge in [0.2, 0.25) is 0 Å². The first-order chi connectivity index (χ1) is 16.7. The number of halogens is 1. The third kappa shape index (κ3) is 7.61. The van der Waals surface area contributed by atoms with E-state index in [1.807, 2.05) is 33.0 Å². The van der Waals surface area contributed by atoms with E-state index in [1.165, 1.54) is 12.1 Å². The standard InChI is InChI=1S/C29H40FN5/c1-8-19(4)29(34-26(31)17-18-32-7)35-28-22(10-3)13-16-25(33-20(5)9-2)27(28)21(6)23-11-14-24(30)15-12-23/h10-12,14-15,17-18,20,32H,8-9,13,16H2,1-7H3,(H2,31,34)/b18-17-,22-10?,27-21-,29-19+,33-25?,35-28-. The van der Waals surface area contributed by atoms with Gasteiger partial charge >= 0.3 is 0 Å². The number of allylic oxidation sites excluding steroid dienone is 5. The highest BCUT2D eigenvalue weighted by atomic mass is 19.1. The van der Waals surface area contributed by atoms with Crippen LogP contribution in [0.25, 0.3) is 5.57 Å². The first-order valence-electron chi connectivity index (χ1n) is 12.4. The average Bonchev–Trinajstić information content (AvgIpc) is 2.86. The molecule has 0 amide bonds. The second-order valence-corrected chi connectivity index (χ2v) is 8.73. The highest BCUT2D eigenvalue weighted by molar-refractivity contribution is 6.35. The minimum atomic E-state index is -0.255. The van der Waals surface area contributed by atoms with Crippen LogP contribution >= 0.6 is 0 Å². The molecular formula is C29H40FN5. The molecule has 1 saturated carbocycles. The van der Waals surface area contributed by atoms with Crippen molar-refractivity contribution in [2.75, 3.05) is 7.05 Å². The number of aliphatic imine (C=N–C) groups is 3. The summed E-state index contributed by atoms with van der Waals surface area (Å²) in [5.74, 6) is 0.725. The number of benzene rings is 1. The zero-order valence-electron chi connectivity index (χ0n) is 22.2. The summed E-state index contributed by atoms with van der Waals surface area (Å²) in [6.07, 6.45) is 9.01. The summed E-state index contributed by atoms with van der Waals surface area (Å²) in [4.78, 5) is 14.9. The van der Waals surface area contributed by atoms with Crippen molar-refractivity contribution in [2.24, 2.45) is 20.7 Å². The van der Waals surface area contributed by atoms with E-state index in [4.69, 9.17) is 15.7 Å². The van der Waals surface area contributed by atoms with Gasteiger partial charge < -0.3 is 11.1 Å². The molecule has 6 heteroatoms. The Balaban J connectivity index is 2.87. The number of nitrogens with one attached hydrogen (secondary N) is 1. The molecule has 1 aliphatic rings. The molecule has 1 aliphatic carbocycles. The van der Waals surface area contributed by atoms with Crippen molar-refractivity contribution in [1.82, 2.24) is 5.32 Å². The van der Waals surface area contributed by atoms with Crippen LogP contribution in [0.2, 0.25) is 0 Å². The molecule has 0 heterocycles. The number of rotatable bonds is 8. The van der Waals surface area contributed by atoms with Gasteiger partial charge in [-0.2, -0.15) is 0 Å². The Morgan fingerprint density at radius 1 is 1.17 bits per heavy atom. The topological polar surface area (TPSA) is 75.1 Å². The van der Waals surface area contributed by atoms with Gasteiger partial charge in [0.05, 0.1) is 5.71 Å². The zero-order chi connectivity index (χ0) is 26.0. The van der Waals surface area contributed by atoms with E-state index in [2.05, 4.69) is 44.1 Å². The van der Waals surface area contributed by atoms with Gasteiger partial charge in [-0.1, -0.05) is 32.1 Å². The third-order valence-corrected chi connectivity index (χ3v) is 6.21. The molecule has 0 aliphatic heterocycles. The summed E-state index contributed by atoms with van der Waals surface area (Å²) in [5, 5.41) is 2.93. The largest absolute Gasteiger partial charge is 0.394 e. The summed E-state index contributed by atoms with van der Waals surface area (Å²) in [6, 6.07) is 6.81. The second kappa shape index (κ2) is 13.6. The maximum Gasteiger partial charge on any atom is 0.153 e. The molecule has 3 N–H and O–H groups in total. The van der Waals surface area contributed by atoms with Gasteiger partial charge in [-0.15, -0.1) is 0 Å². The lowest BCUT2D eigenvalue weighted by Crippen LogP contribution is -2.25. The smallest absolute Gasteiger partial charge is 0.153 e. The first kappa shape index (κ1) is 28.0. The lowest BCUT2D eigenvalue weighted by Gasteiger charge is -2.26. The minimum absolute atomic E-state index is 0.196. The van der Waals surface area contributed by atoms with E-state index in [9.17, 15) is 4.39 Å². The van der Waals surface area contributed by atoms with E-state index in [0.29, 0.717) is 11.7 Å². The van der Waals surface area contributed by atoms with Crippen LogP contribution in [0.4, 0.5) is 4.39 Å². The molecule has 0 aromatic heterocycles. The first-order valence-corrected chi connectivity index (χ1v) is 12.4. The normalized spacial score (nSPS) is 21.6. The fourth-order valence-electron chi connectivity index (χ4n) is 3.74. The highest BCUT2D eigenvalue weighted by Crippen LogP contribution is 2.32. The van der Waals surface area contributed by atoms with Crippen molar-refractivity contribution in [2.45, 2.75) is 73.3 Å². The van der Waals surface area contributed by atoms with Crippen molar-refractivity contribution < 1.29 is 4.39 Å². The van der Waals surface area contributed by atoms with Crippen LogP contribution in [-0.2, 0) is 0 Å². The Bertz CT molecular complexity index is 1100. The lowest BCUT2D eigenvalue weighted by molar-refractivity contribution is 0.627. The summed E-state index contributed by atoms with van der Waals surface area (Å²) < 4.78 is 13.7. The van der Waals surface area contributed by atoms with E-state index < -0.39 is 0 Å². The van der Waals surface area contributed by atoms with E-state index >= 15 is 0 Å². The van der Waals surface area contributed by atoms with Gasteiger partial charge in [-0.05, 0) is 100 Å². The van der Waals surface area contributed by atoms with Gasteiger partial charge in [0.15, 0.2) is 5.82 Å². The predicted octanol–water partition coefficient (Wildman–Crippen LogP) is 6.75. The van der Waals surface area contributed by atoms with Crippen molar-refractivity contribution in [3.8, 4) is 0 Å². The molecule has 0 bridgehead atoms. The van der Waals surface area contributed by atoms with Crippen molar-refractivity contribution in [3.63, 3.8) is 0 Å². The molecule has 1 atom stereocenters. The maximum absolute atomic E-state index is 13.7. The molecule has 1 aromatic carbocycles. The molecule has 1 unspecified atom stereocenters. The van der Waals surface area contributed by atoms with Crippen LogP contribution < -0.4 is 11.1 Å². The highest BCUT2D eigenvalue weighted by Gasteiger charge is 2.27. The Morgan fingerprint density at radius 3 is 2.43 bits per heavy atom. The lowest BCUT2D eigenvalue weighted by atomic mass is 9.82. The van der Waals surface area contributed by atoms with E-state index in [0.717, 1.165) is 65.0 Å². The molecule has 2 rings (SSSR count). The van der Waals surface area contributed by atoms with Gasteiger partial charge in [-0.25, -0.2) is 14.4 Å². The molecule has 35 heavy (non-hydrogen) atoms. The van der Waals surface area contributed by atoms with E-state index in [-0.39, 0.29) is 11.9 Å². The van der Waals surface area contributed by atoms with Gasteiger partial charge in [0, 0.05) is 24.4 Å². The van der Waals surface area contributed by atoms with Crippen LogP contribution in [-0.4, -0.2) is 30.3 Å². The molecule has 188 valence electrons. The number of amidine groups is 1. The van der Waals surface area contributed by atoms with Crippen molar-refractivity contribution in [1.29, 1.82) is 0 Å². The third-order valence-electron chi connectivity index (χ3n) is 6.21. The van der Waals surface area contributed by atoms with Crippen LogP contribution in [0.15, 0.2) is 80.1 Å². The number of hydrogen-bond donors (Lipinski definition) is 2. The number of nitrogens with two attached hydrogens (primary N) is 1. The van der Waals surface area contributed by atoms with Crippen molar-refractivity contribution >= 4 is 22.8 Å². The van der Waals surface area contributed by atoms with Crippen molar-refractivity contribution in [3.05, 3.63) is 76.5 Å². The number of hydrogen-bond acceptors (Lipinski definition) is 4. The van der Waals surface area contributed by atoms with Gasteiger partial charge in [-0.3, -0.25) is 4.99 Å². The van der Waals surface area contributed by atoms with Gasteiger partial charge in [0.25, 0.3) is 0 Å². The summed E-state index contributed by atoms with van der Waals surface area (Å²) in [5.41, 5.74) is 13.2. The molecule has 1 fully saturated rings. The summed E-state index contributed by atoms with van der Waals surface area (Å²) in [6.45, 7) is 12.5.